The van der Waals surface area contributed by atoms with Crippen LogP contribution in [0.5, 0.6) is 0 Å². The third-order valence-corrected chi connectivity index (χ3v) is 4.46. The third kappa shape index (κ3) is 6.96. The highest BCUT2D eigenvalue weighted by atomic mass is 35.5. The van der Waals surface area contributed by atoms with Gasteiger partial charge in [-0.3, -0.25) is 9.69 Å². The van der Waals surface area contributed by atoms with Gasteiger partial charge in [0.2, 0.25) is 5.91 Å². The molecule has 0 aromatic rings. The molecule has 124 valence electrons. The van der Waals surface area contributed by atoms with Crippen molar-refractivity contribution in [1.82, 2.24) is 15.5 Å². The Morgan fingerprint density at radius 3 is 2.48 bits per heavy atom. The Labute approximate surface area is 134 Å². The monoisotopic (exact) mass is 319 g/mol. The molecule has 2 fully saturated rings. The Kier molecular flexibility index (Phi) is 9.24. The van der Waals surface area contributed by atoms with Crippen molar-refractivity contribution in [1.29, 1.82) is 0 Å². The molecule has 0 aromatic carbocycles. The quantitative estimate of drug-likeness (QED) is 0.767. The van der Waals surface area contributed by atoms with Crippen LogP contribution in [0.3, 0.4) is 0 Å². The van der Waals surface area contributed by atoms with E-state index >= 15 is 0 Å². The van der Waals surface area contributed by atoms with Gasteiger partial charge in [0.15, 0.2) is 0 Å². The van der Waals surface area contributed by atoms with E-state index in [4.69, 9.17) is 4.74 Å². The number of halogens is 1. The summed E-state index contributed by atoms with van der Waals surface area (Å²) in [4.78, 5) is 14.3. The SMILES string of the molecule is CNCCC1CCN(CC(=O)NC2CCOCC2)CC1.Cl. The lowest BCUT2D eigenvalue weighted by atomic mass is 9.93. The number of likely N-dealkylation sites (tertiary alicyclic amines) is 1. The van der Waals surface area contributed by atoms with Crippen LogP contribution in [0.4, 0.5) is 0 Å². The molecule has 2 saturated heterocycles. The van der Waals surface area contributed by atoms with Gasteiger partial charge >= 0.3 is 0 Å². The Balaban J connectivity index is 0.00000220. The minimum Gasteiger partial charge on any atom is -0.381 e. The van der Waals surface area contributed by atoms with Crippen molar-refractivity contribution in [2.75, 3.05) is 46.4 Å². The summed E-state index contributed by atoms with van der Waals surface area (Å²) in [5.41, 5.74) is 0. The zero-order valence-electron chi connectivity index (χ0n) is 13.1. The lowest BCUT2D eigenvalue weighted by molar-refractivity contribution is -0.123. The molecular formula is C15H30ClN3O2. The number of carbonyl (C=O) groups excluding carboxylic acids is 1. The largest absolute Gasteiger partial charge is 0.381 e. The smallest absolute Gasteiger partial charge is 0.234 e. The van der Waals surface area contributed by atoms with Crippen molar-refractivity contribution < 1.29 is 9.53 Å². The molecule has 2 aliphatic rings. The number of nitrogens with zero attached hydrogens (tertiary/aromatic N) is 1. The van der Waals surface area contributed by atoms with Crippen LogP contribution in [0.15, 0.2) is 0 Å². The normalized spacial score (nSPS) is 21.8. The second kappa shape index (κ2) is 10.4. The predicted molar refractivity (Wildman–Crippen MR) is 86.9 cm³/mol. The van der Waals surface area contributed by atoms with Gasteiger partial charge in [-0.1, -0.05) is 0 Å². The highest BCUT2D eigenvalue weighted by Crippen LogP contribution is 2.19. The van der Waals surface area contributed by atoms with E-state index in [1.165, 1.54) is 19.3 Å². The van der Waals surface area contributed by atoms with E-state index in [9.17, 15) is 4.79 Å². The molecule has 2 aliphatic heterocycles. The van der Waals surface area contributed by atoms with Gasteiger partial charge < -0.3 is 15.4 Å². The van der Waals surface area contributed by atoms with Gasteiger partial charge in [0.1, 0.15) is 0 Å². The number of amides is 1. The molecule has 2 heterocycles. The van der Waals surface area contributed by atoms with E-state index in [0.717, 1.165) is 51.6 Å². The second-order valence-electron chi connectivity index (χ2n) is 6.07. The Morgan fingerprint density at radius 1 is 1.19 bits per heavy atom. The van der Waals surface area contributed by atoms with Crippen molar-refractivity contribution in [3.8, 4) is 0 Å². The summed E-state index contributed by atoms with van der Waals surface area (Å²) >= 11 is 0. The van der Waals surface area contributed by atoms with Gasteiger partial charge in [-0.25, -0.2) is 0 Å². The Morgan fingerprint density at radius 2 is 1.86 bits per heavy atom. The lowest BCUT2D eigenvalue weighted by Crippen LogP contribution is -2.46. The molecule has 21 heavy (non-hydrogen) atoms. The molecule has 2 rings (SSSR count). The first-order valence-corrected chi connectivity index (χ1v) is 8.02. The molecule has 0 aromatic heterocycles. The average molecular weight is 320 g/mol. The first-order chi connectivity index (χ1) is 9.78. The summed E-state index contributed by atoms with van der Waals surface area (Å²) in [5, 5.41) is 6.36. The predicted octanol–water partition coefficient (Wildman–Crippen LogP) is 1.02. The van der Waals surface area contributed by atoms with Crippen LogP contribution in [-0.2, 0) is 9.53 Å². The van der Waals surface area contributed by atoms with Crippen LogP contribution >= 0.6 is 12.4 Å². The van der Waals surface area contributed by atoms with E-state index in [1.807, 2.05) is 7.05 Å². The summed E-state index contributed by atoms with van der Waals surface area (Å²) in [7, 11) is 2.01. The number of carbonyl (C=O) groups is 1. The van der Waals surface area contributed by atoms with Crippen molar-refractivity contribution >= 4 is 18.3 Å². The standard InChI is InChI=1S/C15H29N3O2.ClH/c1-16-7-2-13-3-8-18(9-4-13)12-15(19)17-14-5-10-20-11-6-14;/h13-14,16H,2-12H2,1H3,(H,17,19);1H. The molecular weight excluding hydrogens is 290 g/mol. The van der Waals surface area contributed by atoms with E-state index in [0.29, 0.717) is 12.6 Å². The maximum Gasteiger partial charge on any atom is 0.234 e. The van der Waals surface area contributed by atoms with Crippen molar-refractivity contribution in [3.63, 3.8) is 0 Å². The molecule has 0 atom stereocenters. The number of ether oxygens (including phenoxy) is 1. The maximum atomic E-state index is 12.0. The molecule has 5 nitrogen and oxygen atoms in total. The summed E-state index contributed by atoms with van der Waals surface area (Å²) in [6.07, 6.45) is 5.63. The van der Waals surface area contributed by atoms with Crippen LogP contribution < -0.4 is 10.6 Å². The second-order valence-corrected chi connectivity index (χ2v) is 6.07. The summed E-state index contributed by atoms with van der Waals surface area (Å²) < 4.78 is 5.31. The van der Waals surface area contributed by atoms with E-state index < -0.39 is 0 Å². The maximum absolute atomic E-state index is 12.0. The van der Waals surface area contributed by atoms with Gasteiger partial charge in [0, 0.05) is 19.3 Å². The summed E-state index contributed by atoms with van der Waals surface area (Å²) in [6, 6.07) is 0.324. The van der Waals surface area contributed by atoms with E-state index in [1.54, 1.807) is 0 Å². The number of rotatable bonds is 6. The summed E-state index contributed by atoms with van der Waals surface area (Å²) in [5.74, 6) is 1.02. The number of nitrogens with one attached hydrogen (secondary N) is 2. The molecule has 1 amide bonds. The lowest BCUT2D eigenvalue weighted by Gasteiger charge is -2.32. The fourth-order valence-corrected chi connectivity index (χ4v) is 3.10. The Hall–Kier alpha value is -0.360. The van der Waals surface area contributed by atoms with Crippen LogP contribution in [-0.4, -0.2) is 63.3 Å². The highest BCUT2D eigenvalue weighted by molar-refractivity contribution is 5.85. The van der Waals surface area contributed by atoms with Crippen LogP contribution in [0.1, 0.15) is 32.1 Å². The number of hydrogen-bond acceptors (Lipinski definition) is 4. The van der Waals surface area contributed by atoms with Gasteiger partial charge in [-0.05, 0) is 64.7 Å². The van der Waals surface area contributed by atoms with Crippen LogP contribution in [0, 0.1) is 5.92 Å². The molecule has 0 unspecified atom stereocenters. The third-order valence-electron chi connectivity index (χ3n) is 4.46. The van der Waals surface area contributed by atoms with Crippen LogP contribution in [0.25, 0.3) is 0 Å². The van der Waals surface area contributed by atoms with Crippen molar-refractivity contribution in [3.05, 3.63) is 0 Å². The van der Waals surface area contributed by atoms with Crippen molar-refractivity contribution in [2.24, 2.45) is 5.92 Å². The molecule has 6 heteroatoms. The molecule has 0 bridgehead atoms. The zero-order chi connectivity index (χ0) is 14.2. The van der Waals surface area contributed by atoms with Gasteiger partial charge in [-0.15, -0.1) is 12.4 Å². The molecule has 0 aliphatic carbocycles. The highest BCUT2D eigenvalue weighted by Gasteiger charge is 2.22. The van der Waals surface area contributed by atoms with Gasteiger partial charge in [0.25, 0.3) is 0 Å². The molecule has 2 N–H and O–H groups in total. The van der Waals surface area contributed by atoms with E-state index in [-0.39, 0.29) is 18.3 Å². The molecule has 0 spiro atoms. The van der Waals surface area contributed by atoms with Crippen molar-refractivity contribution in [2.45, 2.75) is 38.1 Å². The summed E-state index contributed by atoms with van der Waals surface area (Å²) in [6.45, 7) is 5.36. The van der Waals surface area contributed by atoms with Crippen LogP contribution in [0.2, 0.25) is 0 Å². The number of piperidine rings is 1. The van der Waals surface area contributed by atoms with Gasteiger partial charge in [-0.2, -0.15) is 0 Å². The molecule has 0 radical (unpaired) electrons. The average Bonchev–Trinajstić information content (AvgIpc) is 2.47. The molecule has 0 saturated carbocycles. The first-order valence-electron chi connectivity index (χ1n) is 8.02. The van der Waals surface area contributed by atoms with Gasteiger partial charge in [0.05, 0.1) is 6.54 Å². The fourth-order valence-electron chi connectivity index (χ4n) is 3.10. The minimum absolute atomic E-state index is 0. The first kappa shape index (κ1) is 18.7. The number of hydrogen-bond donors (Lipinski definition) is 2. The minimum atomic E-state index is 0. The zero-order valence-corrected chi connectivity index (χ0v) is 13.9. The Bertz CT molecular complexity index is 291. The fraction of sp³-hybridized carbons (Fsp3) is 0.933. The topological polar surface area (TPSA) is 53.6 Å². The van der Waals surface area contributed by atoms with E-state index in [2.05, 4.69) is 15.5 Å².